The van der Waals surface area contributed by atoms with Gasteiger partial charge in [0.15, 0.2) is 5.65 Å². The molecule has 8 nitrogen and oxygen atoms in total. The molecule has 0 unspecified atom stereocenters. The number of hydrogen-bond acceptors (Lipinski definition) is 5. The molecule has 0 atom stereocenters. The van der Waals surface area contributed by atoms with Crippen molar-refractivity contribution in [1.82, 2.24) is 24.4 Å². The van der Waals surface area contributed by atoms with E-state index in [-0.39, 0.29) is 11.8 Å². The topological polar surface area (TPSA) is 80.0 Å². The van der Waals surface area contributed by atoms with Crippen molar-refractivity contribution in [2.75, 3.05) is 33.3 Å². The molecule has 0 N–H and O–H groups in total. The number of carbonyl (C=O) groups excluding carboxylic acids is 2. The number of nitrogens with zero attached hydrogens (tertiary/aromatic N) is 5. The zero-order chi connectivity index (χ0) is 24.5. The molecule has 2 amide bonds. The van der Waals surface area contributed by atoms with Gasteiger partial charge in [0.2, 0.25) is 5.91 Å². The van der Waals surface area contributed by atoms with Crippen molar-refractivity contribution in [3.05, 3.63) is 71.4 Å². The van der Waals surface area contributed by atoms with E-state index in [0.29, 0.717) is 59.7 Å². The van der Waals surface area contributed by atoms with Gasteiger partial charge >= 0.3 is 0 Å². The van der Waals surface area contributed by atoms with Crippen LogP contribution in [0.1, 0.15) is 17.4 Å². The van der Waals surface area contributed by atoms with Crippen LogP contribution in [0.15, 0.2) is 60.7 Å². The molecule has 4 aromatic rings. The first-order valence-corrected chi connectivity index (χ1v) is 11.7. The normalized spacial score (nSPS) is 13.8. The van der Waals surface area contributed by atoms with Crippen molar-refractivity contribution in [1.29, 1.82) is 0 Å². The van der Waals surface area contributed by atoms with Gasteiger partial charge in [-0.05, 0) is 30.3 Å². The lowest BCUT2D eigenvalue weighted by molar-refractivity contribution is -0.130. The SMILES string of the molecule is COc1ccccc1-c1cc(C(=O)N2CCN(C(C)=O)CC2)n2nc(-c3ccc(Cl)cc3)cc2n1. The second-order valence-electron chi connectivity index (χ2n) is 8.33. The molecular formula is C26H24ClN5O3. The van der Waals surface area contributed by atoms with E-state index in [2.05, 4.69) is 0 Å². The molecule has 1 saturated heterocycles. The third-order valence-corrected chi connectivity index (χ3v) is 6.43. The molecule has 178 valence electrons. The molecule has 1 aliphatic heterocycles. The number of ether oxygens (including phenoxy) is 1. The number of hydrogen-bond donors (Lipinski definition) is 0. The third-order valence-electron chi connectivity index (χ3n) is 6.18. The Kier molecular flexibility index (Phi) is 6.13. The Balaban J connectivity index is 1.61. The molecule has 1 aliphatic rings. The Morgan fingerprint density at radius 2 is 1.60 bits per heavy atom. The molecule has 3 heterocycles. The maximum absolute atomic E-state index is 13.7. The monoisotopic (exact) mass is 489 g/mol. The van der Waals surface area contributed by atoms with Crippen LogP contribution in [0.25, 0.3) is 28.2 Å². The summed E-state index contributed by atoms with van der Waals surface area (Å²) in [6.07, 6.45) is 0. The van der Waals surface area contributed by atoms with Gasteiger partial charge in [-0.2, -0.15) is 5.10 Å². The van der Waals surface area contributed by atoms with Crippen LogP contribution >= 0.6 is 11.6 Å². The van der Waals surface area contributed by atoms with Crippen LogP contribution in [0.3, 0.4) is 0 Å². The zero-order valence-corrected chi connectivity index (χ0v) is 20.2. The number of piperazine rings is 1. The first kappa shape index (κ1) is 22.9. The number of benzene rings is 2. The van der Waals surface area contributed by atoms with Crippen LogP contribution in [0.4, 0.5) is 0 Å². The van der Waals surface area contributed by atoms with Gasteiger partial charge in [-0.3, -0.25) is 9.59 Å². The maximum atomic E-state index is 13.7. The first-order chi connectivity index (χ1) is 16.9. The summed E-state index contributed by atoms with van der Waals surface area (Å²) in [6, 6.07) is 18.5. The summed E-state index contributed by atoms with van der Waals surface area (Å²) in [5.74, 6) is 0.513. The van der Waals surface area contributed by atoms with Crippen LogP contribution in [0.2, 0.25) is 5.02 Å². The smallest absolute Gasteiger partial charge is 0.272 e. The van der Waals surface area contributed by atoms with E-state index in [4.69, 9.17) is 26.4 Å². The molecule has 35 heavy (non-hydrogen) atoms. The molecule has 1 fully saturated rings. The van der Waals surface area contributed by atoms with Crippen LogP contribution in [0, 0.1) is 0 Å². The van der Waals surface area contributed by atoms with Crippen molar-refractivity contribution in [3.63, 3.8) is 0 Å². The molecule has 2 aromatic carbocycles. The number of carbonyl (C=O) groups is 2. The lowest BCUT2D eigenvalue weighted by atomic mass is 10.1. The summed E-state index contributed by atoms with van der Waals surface area (Å²) in [6.45, 7) is 3.47. The van der Waals surface area contributed by atoms with Crippen LogP contribution < -0.4 is 4.74 Å². The van der Waals surface area contributed by atoms with Gasteiger partial charge in [0.25, 0.3) is 5.91 Å². The summed E-state index contributed by atoms with van der Waals surface area (Å²) in [7, 11) is 1.61. The molecule has 0 saturated carbocycles. The molecular weight excluding hydrogens is 466 g/mol. The average Bonchev–Trinajstić information content (AvgIpc) is 3.32. The Labute approximate surface area is 207 Å². The van der Waals surface area contributed by atoms with E-state index < -0.39 is 0 Å². The maximum Gasteiger partial charge on any atom is 0.272 e. The number of para-hydroxylation sites is 1. The Bertz CT molecular complexity index is 1410. The predicted molar refractivity (Wildman–Crippen MR) is 134 cm³/mol. The summed E-state index contributed by atoms with van der Waals surface area (Å²) < 4.78 is 7.13. The molecule has 0 radical (unpaired) electrons. The predicted octanol–water partition coefficient (Wildman–Crippen LogP) is 4.03. The Hall–Kier alpha value is -3.91. The molecule has 5 rings (SSSR count). The highest BCUT2D eigenvalue weighted by Crippen LogP contribution is 2.31. The van der Waals surface area contributed by atoms with Crippen molar-refractivity contribution < 1.29 is 14.3 Å². The molecule has 2 aromatic heterocycles. The second-order valence-corrected chi connectivity index (χ2v) is 8.77. The fourth-order valence-corrected chi connectivity index (χ4v) is 4.40. The fraction of sp³-hybridized carbons (Fsp3) is 0.231. The van der Waals surface area contributed by atoms with Gasteiger partial charge < -0.3 is 14.5 Å². The van der Waals surface area contributed by atoms with Crippen LogP contribution in [0.5, 0.6) is 5.75 Å². The number of halogens is 1. The highest BCUT2D eigenvalue weighted by atomic mass is 35.5. The number of fused-ring (bicyclic) bond motifs is 1. The molecule has 0 bridgehead atoms. The highest BCUT2D eigenvalue weighted by molar-refractivity contribution is 6.30. The standard InChI is InChI=1S/C26H24ClN5O3/c1-17(33)30-11-13-31(14-12-30)26(34)23-15-22(20-5-3-4-6-24(20)35-2)28-25-16-21(29-32(23)25)18-7-9-19(27)10-8-18/h3-10,15-16H,11-14H2,1-2H3. The highest BCUT2D eigenvalue weighted by Gasteiger charge is 2.26. The molecule has 0 spiro atoms. The minimum absolute atomic E-state index is 0.0153. The van der Waals surface area contributed by atoms with E-state index >= 15 is 0 Å². The summed E-state index contributed by atoms with van der Waals surface area (Å²) in [5.41, 5.74) is 3.89. The van der Waals surface area contributed by atoms with Gasteiger partial charge in [0.1, 0.15) is 11.4 Å². The number of amides is 2. The van der Waals surface area contributed by atoms with Gasteiger partial charge in [-0.1, -0.05) is 35.9 Å². The zero-order valence-electron chi connectivity index (χ0n) is 19.4. The van der Waals surface area contributed by atoms with Gasteiger partial charge in [0.05, 0.1) is 18.5 Å². The van der Waals surface area contributed by atoms with E-state index in [1.165, 1.54) is 0 Å². The second kappa shape index (κ2) is 9.38. The Morgan fingerprint density at radius 3 is 2.29 bits per heavy atom. The van der Waals surface area contributed by atoms with Crippen molar-refractivity contribution in [2.24, 2.45) is 0 Å². The van der Waals surface area contributed by atoms with Gasteiger partial charge in [-0.25, -0.2) is 9.50 Å². The van der Waals surface area contributed by atoms with E-state index in [9.17, 15) is 9.59 Å². The van der Waals surface area contributed by atoms with Crippen molar-refractivity contribution in [3.8, 4) is 28.3 Å². The number of aromatic nitrogens is 3. The summed E-state index contributed by atoms with van der Waals surface area (Å²) in [4.78, 5) is 33.7. The first-order valence-electron chi connectivity index (χ1n) is 11.3. The van der Waals surface area contributed by atoms with Crippen LogP contribution in [-0.4, -0.2) is 69.5 Å². The van der Waals surface area contributed by atoms with Gasteiger partial charge in [0, 0.05) is 55.3 Å². The Morgan fingerprint density at radius 1 is 0.914 bits per heavy atom. The van der Waals surface area contributed by atoms with Crippen molar-refractivity contribution in [2.45, 2.75) is 6.92 Å². The molecule has 0 aliphatic carbocycles. The van der Waals surface area contributed by atoms with E-state index in [1.54, 1.807) is 46.5 Å². The van der Waals surface area contributed by atoms with E-state index in [0.717, 1.165) is 11.1 Å². The quantitative estimate of drug-likeness (QED) is 0.432. The van der Waals surface area contributed by atoms with Gasteiger partial charge in [-0.15, -0.1) is 0 Å². The minimum atomic E-state index is -0.164. The number of methoxy groups -OCH3 is 1. The third kappa shape index (κ3) is 4.44. The van der Waals surface area contributed by atoms with Crippen LogP contribution in [-0.2, 0) is 4.79 Å². The largest absolute Gasteiger partial charge is 0.496 e. The average molecular weight is 490 g/mol. The molecule has 9 heteroatoms. The summed E-state index contributed by atoms with van der Waals surface area (Å²) in [5, 5.41) is 5.35. The van der Waals surface area contributed by atoms with E-state index in [1.807, 2.05) is 42.5 Å². The lowest BCUT2D eigenvalue weighted by Crippen LogP contribution is -2.50. The van der Waals surface area contributed by atoms with Crippen molar-refractivity contribution >= 4 is 29.1 Å². The summed E-state index contributed by atoms with van der Waals surface area (Å²) >= 11 is 6.05. The number of rotatable bonds is 4. The minimum Gasteiger partial charge on any atom is -0.496 e. The fourth-order valence-electron chi connectivity index (χ4n) is 4.27. The lowest BCUT2D eigenvalue weighted by Gasteiger charge is -2.34.